The average molecular weight is 506 g/mol. The number of phosphoric ester groups is 1. The zero-order chi connectivity index (χ0) is 23.2. The SMILES string of the molecule is Nc1ncnc2c1ccn2[C@@H]1O[C@H](COP(=O)(O)OP(=O)(O)OP(=O)(O)O)[C@@H](O)[C@@H]1O. The standard InChI is InChI=1S/C11H17N4O13P3/c12-9-5-1-2-15(10(5)14-4-13-9)11-8(17)7(16)6(26-11)3-25-30(21,22)28-31(23,24)27-29(18,19)20/h1-2,4,6-8,11,16-17H,3H2,(H,21,22)(H,23,24)(H2,12,13,14)(H2,18,19,20)/t6-,7-,8+,11-/m1/s1. The number of fused-ring (bicyclic) bond motifs is 1. The molecule has 0 saturated carbocycles. The van der Waals surface area contributed by atoms with E-state index in [1.807, 2.05) is 0 Å². The van der Waals surface area contributed by atoms with Crippen molar-refractivity contribution in [3.63, 3.8) is 0 Å². The van der Waals surface area contributed by atoms with Gasteiger partial charge in [-0.1, -0.05) is 0 Å². The van der Waals surface area contributed by atoms with E-state index in [1.165, 1.54) is 23.2 Å². The quantitative estimate of drug-likeness (QED) is 0.211. The molecule has 2 aromatic rings. The number of aliphatic hydroxyl groups excluding tert-OH is 2. The van der Waals surface area contributed by atoms with Gasteiger partial charge in [0, 0.05) is 6.20 Å². The van der Waals surface area contributed by atoms with E-state index in [0.29, 0.717) is 5.39 Å². The first-order valence-electron chi connectivity index (χ1n) is 8.06. The van der Waals surface area contributed by atoms with Gasteiger partial charge in [0.2, 0.25) is 0 Å². The molecule has 174 valence electrons. The van der Waals surface area contributed by atoms with Gasteiger partial charge in [-0.25, -0.2) is 23.7 Å². The minimum absolute atomic E-state index is 0.154. The van der Waals surface area contributed by atoms with Gasteiger partial charge in [-0.2, -0.15) is 8.62 Å². The Morgan fingerprint density at radius 3 is 2.39 bits per heavy atom. The summed E-state index contributed by atoms with van der Waals surface area (Å²) in [4.78, 5) is 43.4. The fourth-order valence-electron chi connectivity index (χ4n) is 2.76. The van der Waals surface area contributed by atoms with Crippen LogP contribution < -0.4 is 5.73 Å². The normalized spacial score (nSPS) is 28.5. The zero-order valence-corrected chi connectivity index (χ0v) is 17.7. The maximum Gasteiger partial charge on any atom is 0.490 e. The molecule has 3 heterocycles. The average Bonchev–Trinajstić information content (AvgIpc) is 3.13. The minimum atomic E-state index is -5.69. The van der Waals surface area contributed by atoms with Crippen LogP contribution in [0.25, 0.3) is 11.0 Å². The van der Waals surface area contributed by atoms with Crippen molar-refractivity contribution in [3.05, 3.63) is 18.6 Å². The molecule has 0 radical (unpaired) electrons. The van der Waals surface area contributed by atoms with Crippen molar-refractivity contribution in [2.45, 2.75) is 24.5 Å². The molecular weight excluding hydrogens is 489 g/mol. The number of hydrogen-bond acceptors (Lipinski definition) is 12. The second-order valence-corrected chi connectivity index (χ2v) is 10.6. The van der Waals surface area contributed by atoms with E-state index < -0.39 is 54.6 Å². The van der Waals surface area contributed by atoms with Crippen LogP contribution in [0.1, 0.15) is 6.23 Å². The van der Waals surface area contributed by atoms with Crippen molar-refractivity contribution in [2.75, 3.05) is 12.3 Å². The molecule has 0 amide bonds. The Bertz CT molecular complexity index is 1100. The molecule has 1 fully saturated rings. The molecule has 0 aliphatic carbocycles. The first kappa shape index (κ1) is 24.4. The predicted octanol–water partition coefficient (Wildman–Crippen LogP) is -1.02. The van der Waals surface area contributed by atoms with Crippen LogP contribution in [-0.4, -0.2) is 69.2 Å². The van der Waals surface area contributed by atoms with Gasteiger partial charge < -0.3 is 44.8 Å². The molecule has 6 atom stereocenters. The lowest BCUT2D eigenvalue weighted by Gasteiger charge is -2.19. The summed E-state index contributed by atoms with van der Waals surface area (Å²) in [6.45, 7) is -0.936. The summed E-state index contributed by atoms with van der Waals surface area (Å²) < 4.78 is 52.1. The van der Waals surface area contributed by atoms with Crippen LogP contribution in [-0.2, 0) is 31.6 Å². The monoisotopic (exact) mass is 506 g/mol. The van der Waals surface area contributed by atoms with Crippen molar-refractivity contribution in [3.8, 4) is 0 Å². The number of ether oxygens (including phenoxy) is 1. The second kappa shape index (κ2) is 8.57. The number of nitrogen functional groups attached to an aromatic ring is 1. The Morgan fingerprint density at radius 1 is 1.06 bits per heavy atom. The molecule has 8 N–H and O–H groups in total. The topological polar surface area (TPSA) is 266 Å². The molecule has 0 spiro atoms. The molecule has 20 heteroatoms. The van der Waals surface area contributed by atoms with Crippen LogP contribution in [0.2, 0.25) is 0 Å². The van der Waals surface area contributed by atoms with Crippen molar-refractivity contribution in [2.24, 2.45) is 0 Å². The van der Waals surface area contributed by atoms with E-state index in [9.17, 15) is 28.8 Å². The molecule has 0 aromatic carbocycles. The van der Waals surface area contributed by atoms with E-state index in [4.69, 9.17) is 25.2 Å². The van der Waals surface area contributed by atoms with Gasteiger partial charge in [-0.05, 0) is 6.07 Å². The summed E-state index contributed by atoms with van der Waals surface area (Å²) in [5.41, 5.74) is 5.99. The van der Waals surface area contributed by atoms with E-state index >= 15 is 0 Å². The van der Waals surface area contributed by atoms with Gasteiger partial charge in [-0.3, -0.25) is 4.52 Å². The molecule has 1 aliphatic rings. The Balaban J connectivity index is 1.69. The number of hydrogen-bond donors (Lipinski definition) is 7. The summed E-state index contributed by atoms with van der Waals surface area (Å²) in [6.07, 6.45) is -3.24. The van der Waals surface area contributed by atoms with Crippen LogP contribution >= 0.6 is 23.5 Å². The maximum absolute atomic E-state index is 11.8. The predicted molar refractivity (Wildman–Crippen MR) is 97.7 cm³/mol. The number of anilines is 1. The van der Waals surface area contributed by atoms with Crippen molar-refractivity contribution < 1.29 is 61.4 Å². The van der Waals surface area contributed by atoms with E-state index in [2.05, 4.69) is 23.1 Å². The third-order valence-corrected chi connectivity index (χ3v) is 7.77. The summed E-state index contributed by atoms with van der Waals surface area (Å²) in [5, 5.41) is 20.9. The highest BCUT2D eigenvalue weighted by atomic mass is 31.3. The number of phosphoric acid groups is 3. The van der Waals surface area contributed by atoms with Gasteiger partial charge >= 0.3 is 23.5 Å². The van der Waals surface area contributed by atoms with Crippen molar-refractivity contribution in [1.29, 1.82) is 0 Å². The second-order valence-electron chi connectivity index (χ2n) is 6.15. The van der Waals surface area contributed by atoms with E-state index in [1.54, 1.807) is 0 Å². The lowest BCUT2D eigenvalue weighted by molar-refractivity contribution is -0.0500. The fourth-order valence-corrected chi connectivity index (χ4v) is 5.79. The lowest BCUT2D eigenvalue weighted by atomic mass is 10.1. The highest BCUT2D eigenvalue weighted by molar-refractivity contribution is 7.66. The number of rotatable bonds is 8. The number of aliphatic hydroxyl groups is 2. The maximum atomic E-state index is 11.8. The van der Waals surface area contributed by atoms with Gasteiger partial charge in [0.1, 0.15) is 36.1 Å². The highest BCUT2D eigenvalue weighted by Gasteiger charge is 2.46. The summed E-state index contributed by atoms with van der Waals surface area (Å²) >= 11 is 0. The van der Waals surface area contributed by atoms with Crippen molar-refractivity contribution in [1.82, 2.24) is 14.5 Å². The number of aromatic nitrogens is 3. The molecule has 0 bridgehead atoms. The molecule has 1 aliphatic heterocycles. The number of nitrogens with two attached hydrogens (primary N) is 1. The van der Waals surface area contributed by atoms with Crippen LogP contribution in [0.5, 0.6) is 0 Å². The van der Waals surface area contributed by atoms with E-state index in [0.717, 1.165) is 0 Å². The molecular formula is C11H17N4O13P3. The summed E-state index contributed by atoms with van der Waals surface area (Å²) in [6, 6.07) is 1.53. The van der Waals surface area contributed by atoms with Gasteiger partial charge in [0.15, 0.2) is 6.23 Å². The smallest absolute Gasteiger partial charge is 0.387 e. The molecule has 2 unspecified atom stereocenters. The first-order valence-corrected chi connectivity index (χ1v) is 12.6. The third-order valence-electron chi connectivity index (χ3n) is 3.97. The Kier molecular flexibility index (Phi) is 6.73. The molecule has 17 nitrogen and oxygen atoms in total. The lowest BCUT2D eigenvalue weighted by Crippen LogP contribution is -2.33. The highest BCUT2D eigenvalue weighted by Crippen LogP contribution is 2.66. The van der Waals surface area contributed by atoms with Crippen LogP contribution in [0.15, 0.2) is 18.6 Å². The molecule has 31 heavy (non-hydrogen) atoms. The number of nitrogens with zero attached hydrogens (tertiary/aromatic N) is 3. The van der Waals surface area contributed by atoms with Gasteiger partial charge in [0.05, 0.1) is 12.0 Å². The van der Waals surface area contributed by atoms with Crippen LogP contribution in [0, 0.1) is 0 Å². The third kappa shape index (κ3) is 5.74. The molecule has 2 aromatic heterocycles. The fraction of sp³-hybridized carbons (Fsp3) is 0.455. The van der Waals surface area contributed by atoms with Gasteiger partial charge in [-0.15, -0.1) is 0 Å². The Morgan fingerprint density at radius 2 is 1.74 bits per heavy atom. The minimum Gasteiger partial charge on any atom is -0.387 e. The Hall–Kier alpha value is -1.29. The van der Waals surface area contributed by atoms with Crippen LogP contribution in [0.3, 0.4) is 0 Å². The summed E-state index contributed by atoms with van der Waals surface area (Å²) in [7, 11) is -16.7. The summed E-state index contributed by atoms with van der Waals surface area (Å²) in [5.74, 6) is 0.154. The Labute approximate surface area is 172 Å². The zero-order valence-electron chi connectivity index (χ0n) is 15.1. The first-order chi connectivity index (χ1) is 14.2. The van der Waals surface area contributed by atoms with Crippen LogP contribution in [0.4, 0.5) is 5.82 Å². The molecule has 1 saturated heterocycles. The van der Waals surface area contributed by atoms with E-state index in [-0.39, 0.29) is 11.5 Å². The van der Waals surface area contributed by atoms with Gasteiger partial charge in [0.25, 0.3) is 0 Å². The molecule has 3 rings (SSSR count). The largest absolute Gasteiger partial charge is 0.490 e. The van der Waals surface area contributed by atoms with Crippen molar-refractivity contribution >= 4 is 40.3 Å².